The molecular weight excluding hydrogens is 180 g/mol. The van der Waals surface area contributed by atoms with Gasteiger partial charge in [-0.05, 0) is 27.7 Å². The van der Waals surface area contributed by atoms with Gasteiger partial charge in [0.15, 0.2) is 0 Å². The number of hydrogen-bond donors (Lipinski definition) is 2. The van der Waals surface area contributed by atoms with E-state index in [2.05, 4.69) is 10.3 Å². The molecule has 0 aliphatic rings. The average molecular weight is 198 g/mol. The molecular formula is C10H18N2O2. The van der Waals surface area contributed by atoms with Gasteiger partial charge < -0.3 is 14.8 Å². The summed E-state index contributed by atoms with van der Waals surface area (Å²) in [6, 6.07) is 0. The lowest BCUT2D eigenvalue weighted by molar-refractivity contribution is 0.183. The quantitative estimate of drug-likeness (QED) is 0.762. The molecule has 4 nitrogen and oxygen atoms in total. The Labute approximate surface area is 84.3 Å². The fourth-order valence-electron chi connectivity index (χ4n) is 0.986. The third kappa shape index (κ3) is 2.82. The first-order valence-electron chi connectivity index (χ1n) is 4.73. The topological polar surface area (TPSA) is 58.3 Å². The molecule has 0 spiro atoms. The second kappa shape index (κ2) is 4.11. The molecule has 1 heterocycles. The molecule has 1 rings (SSSR count). The molecule has 0 unspecified atom stereocenters. The van der Waals surface area contributed by atoms with Crippen molar-refractivity contribution < 1.29 is 9.52 Å². The van der Waals surface area contributed by atoms with Crippen LogP contribution in [-0.4, -0.2) is 22.2 Å². The lowest BCUT2D eigenvalue weighted by atomic mass is 10.1. The molecule has 4 heteroatoms. The van der Waals surface area contributed by atoms with Crippen molar-refractivity contribution in [3.05, 3.63) is 17.3 Å². The van der Waals surface area contributed by atoms with Crippen LogP contribution in [0.2, 0.25) is 0 Å². The lowest BCUT2D eigenvalue weighted by Gasteiger charge is -2.22. The van der Waals surface area contributed by atoms with Gasteiger partial charge in [0.2, 0.25) is 5.89 Å². The molecule has 0 fully saturated rings. The van der Waals surface area contributed by atoms with Gasteiger partial charge in [0.05, 0.1) is 18.8 Å². The SMILES string of the molecule is Cc1nc(CNC(C)(C)CO)oc1C. The van der Waals surface area contributed by atoms with Crippen LogP contribution in [0.5, 0.6) is 0 Å². The van der Waals surface area contributed by atoms with E-state index in [-0.39, 0.29) is 12.1 Å². The van der Waals surface area contributed by atoms with Crippen molar-refractivity contribution in [3.63, 3.8) is 0 Å². The Morgan fingerprint density at radius 2 is 2.07 bits per heavy atom. The smallest absolute Gasteiger partial charge is 0.208 e. The molecule has 0 amide bonds. The number of rotatable bonds is 4. The molecule has 0 radical (unpaired) electrons. The number of oxazole rings is 1. The molecule has 0 bridgehead atoms. The first kappa shape index (κ1) is 11.2. The number of hydrogen-bond acceptors (Lipinski definition) is 4. The van der Waals surface area contributed by atoms with E-state index in [1.807, 2.05) is 27.7 Å². The van der Waals surface area contributed by atoms with Gasteiger partial charge in [-0.1, -0.05) is 0 Å². The van der Waals surface area contributed by atoms with Crippen molar-refractivity contribution in [2.24, 2.45) is 0 Å². The summed E-state index contributed by atoms with van der Waals surface area (Å²) in [4.78, 5) is 4.24. The van der Waals surface area contributed by atoms with Crippen molar-refractivity contribution in [1.82, 2.24) is 10.3 Å². The number of aliphatic hydroxyl groups is 1. The van der Waals surface area contributed by atoms with Crippen LogP contribution in [0.3, 0.4) is 0 Å². The van der Waals surface area contributed by atoms with Gasteiger partial charge in [-0.2, -0.15) is 0 Å². The van der Waals surface area contributed by atoms with Gasteiger partial charge in [0.25, 0.3) is 0 Å². The summed E-state index contributed by atoms with van der Waals surface area (Å²) in [5, 5.41) is 12.2. The standard InChI is InChI=1S/C10H18N2O2/c1-7-8(2)14-9(12-7)5-11-10(3,4)6-13/h11,13H,5-6H2,1-4H3. The Morgan fingerprint density at radius 1 is 1.43 bits per heavy atom. The normalized spacial score (nSPS) is 12.1. The van der Waals surface area contributed by atoms with E-state index >= 15 is 0 Å². The van der Waals surface area contributed by atoms with Crippen molar-refractivity contribution in [3.8, 4) is 0 Å². The van der Waals surface area contributed by atoms with Crippen LogP contribution in [0.25, 0.3) is 0 Å². The fraction of sp³-hybridized carbons (Fsp3) is 0.700. The molecule has 0 aliphatic carbocycles. The van der Waals surface area contributed by atoms with E-state index in [1.165, 1.54) is 0 Å². The summed E-state index contributed by atoms with van der Waals surface area (Å²) < 4.78 is 5.40. The maximum atomic E-state index is 9.02. The van der Waals surface area contributed by atoms with Crippen LogP contribution in [0, 0.1) is 13.8 Å². The van der Waals surface area contributed by atoms with Crippen LogP contribution in [0.4, 0.5) is 0 Å². The molecule has 1 aromatic heterocycles. The van der Waals surface area contributed by atoms with Gasteiger partial charge in [0.1, 0.15) is 5.76 Å². The van der Waals surface area contributed by atoms with E-state index in [0.717, 1.165) is 11.5 Å². The van der Waals surface area contributed by atoms with Gasteiger partial charge in [-0.15, -0.1) is 0 Å². The van der Waals surface area contributed by atoms with Gasteiger partial charge in [-0.3, -0.25) is 0 Å². The molecule has 0 atom stereocenters. The second-order valence-electron chi connectivity index (χ2n) is 4.14. The van der Waals surface area contributed by atoms with E-state index in [0.29, 0.717) is 12.4 Å². The highest BCUT2D eigenvalue weighted by Gasteiger charge is 2.16. The number of aliphatic hydroxyl groups excluding tert-OH is 1. The highest BCUT2D eigenvalue weighted by molar-refractivity contribution is 5.05. The van der Waals surface area contributed by atoms with Crippen molar-refractivity contribution in [2.75, 3.05) is 6.61 Å². The van der Waals surface area contributed by atoms with Crippen LogP contribution >= 0.6 is 0 Å². The predicted molar refractivity (Wildman–Crippen MR) is 54.0 cm³/mol. The Morgan fingerprint density at radius 3 is 2.50 bits per heavy atom. The third-order valence-corrected chi connectivity index (χ3v) is 2.19. The number of aromatic nitrogens is 1. The van der Waals surface area contributed by atoms with Crippen molar-refractivity contribution in [2.45, 2.75) is 39.8 Å². The zero-order valence-corrected chi connectivity index (χ0v) is 9.22. The maximum Gasteiger partial charge on any atom is 0.208 e. The van der Waals surface area contributed by atoms with E-state index < -0.39 is 0 Å². The molecule has 1 aromatic rings. The van der Waals surface area contributed by atoms with E-state index in [1.54, 1.807) is 0 Å². The van der Waals surface area contributed by atoms with Gasteiger partial charge in [0, 0.05) is 5.54 Å². The monoisotopic (exact) mass is 198 g/mol. The largest absolute Gasteiger partial charge is 0.444 e. The van der Waals surface area contributed by atoms with Crippen LogP contribution in [0.1, 0.15) is 31.2 Å². The van der Waals surface area contributed by atoms with Gasteiger partial charge >= 0.3 is 0 Å². The molecule has 0 saturated heterocycles. The average Bonchev–Trinajstić information content (AvgIpc) is 2.44. The molecule has 0 aromatic carbocycles. The summed E-state index contributed by atoms with van der Waals surface area (Å²) in [7, 11) is 0. The summed E-state index contributed by atoms with van der Waals surface area (Å²) in [5.41, 5.74) is 0.625. The van der Waals surface area contributed by atoms with Crippen molar-refractivity contribution in [1.29, 1.82) is 0 Å². The Hall–Kier alpha value is -0.870. The summed E-state index contributed by atoms with van der Waals surface area (Å²) >= 11 is 0. The maximum absolute atomic E-state index is 9.02. The van der Waals surface area contributed by atoms with Crippen LogP contribution in [0.15, 0.2) is 4.42 Å². The molecule has 2 N–H and O–H groups in total. The summed E-state index contributed by atoms with van der Waals surface area (Å²) in [6.45, 7) is 8.29. The summed E-state index contributed by atoms with van der Waals surface area (Å²) in [5.74, 6) is 1.52. The van der Waals surface area contributed by atoms with E-state index in [9.17, 15) is 0 Å². The second-order valence-corrected chi connectivity index (χ2v) is 4.14. The molecule has 0 saturated carbocycles. The van der Waals surface area contributed by atoms with Gasteiger partial charge in [-0.25, -0.2) is 4.98 Å². The first-order chi connectivity index (χ1) is 6.44. The molecule has 80 valence electrons. The van der Waals surface area contributed by atoms with Crippen LogP contribution in [-0.2, 0) is 6.54 Å². The molecule has 0 aliphatic heterocycles. The first-order valence-corrected chi connectivity index (χ1v) is 4.73. The highest BCUT2D eigenvalue weighted by atomic mass is 16.4. The summed E-state index contributed by atoms with van der Waals surface area (Å²) in [6.07, 6.45) is 0. The fourth-order valence-corrected chi connectivity index (χ4v) is 0.986. The minimum absolute atomic E-state index is 0.0890. The Kier molecular flexibility index (Phi) is 3.29. The zero-order chi connectivity index (χ0) is 10.8. The molecule has 14 heavy (non-hydrogen) atoms. The number of nitrogens with one attached hydrogen (secondary N) is 1. The lowest BCUT2D eigenvalue weighted by Crippen LogP contribution is -2.42. The number of nitrogens with zero attached hydrogens (tertiary/aromatic N) is 1. The van der Waals surface area contributed by atoms with Crippen LogP contribution < -0.4 is 5.32 Å². The predicted octanol–water partition coefficient (Wildman–Crippen LogP) is 1.15. The highest BCUT2D eigenvalue weighted by Crippen LogP contribution is 2.09. The minimum Gasteiger partial charge on any atom is -0.444 e. The van der Waals surface area contributed by atoms with Crippen molar-refractivity contribution >= 4 is 0 Å². The Balaban J connectivity index is 2.54. The Bertz CT molecular complexity index is 286. The minimum atomic E-state index is -0.295. The number of aryl methyl sites for hydroxylation is 2. The van der Waals surface area contributed by atoms with E-state index in [4.69, 9.17) is 9.52 Å². The zero-order valence-electron chi connectivity index (χ0n) is 9.22. The third-order valence-electron chi connectivity index (χ3n) is 2.19.